The minimum absolute atomic E-state index is 3.24. The number of hydrogen-bond donors (Lipinski definition) is 0. The standard InChI is InChI=1S/AsO3.H2O3S2/c2-1(3)4;1-5(2,3)4/h;(H2,1,2,3,4)/q-3;/p-2. The number of rotatable bonds is 0. The zero-order valence-electron chi connectivity index (χ0n) is 3.71. The van der Waals surface area contributed by atoms with Crippen LogP contribution in [0, 0.1) is 0 Å². The van der Waals surface area contributed by atoms with E-state index in [-0.39, 0.29) is 0 Å². The second kappa shape index (κ2) is 5.51. The predicted molar refractivity (Wildman–Crippen MR) is 22.8 cm³/mol. The summed E-state index contributed by atoms with van der Waals surface area (Å²) in [6.07, 6.45) is 0. The second-order valence-electron chi connectivity index (χ2n) is 0.632. The van der Waals surface area contributed by atoms with Crippen LogP contribution in [0.4, 0.5) is 0 Å². The first kappa shape index (κ1) is 12.4. The fourth-order valence-electron chi connectivity index (χ4n) is 0. The van der Waals surface area contributed by atoms with Crippen LogP contribution in [0.1, 0.15) is 0 Å². The molecular formula is AsO6S2-5. The van der Waals surface area contributed by atoms with Gasteiger partial charge in [0.1, 0.15) is 0 Å². The van der Waals surface area contributed by atoms with Crippen molar-refractivity contribution in [3.63, 3.8) is 0 Å². The molecule has 0 aliphatic carbocycles. The van der Waals surface area contributed by atoms with Crippen LogP contribution in [-0.4, -0.2) is 29.0 Å². The van der Waals surface area contributed by atoms with E-state index < -0.39 is 24.7 Å². The third kappa shape index (κ3) is 745. The van der Waals surface area contributed by atoms with Crippen LogP contribution in [0.5, 0.6) is 0 Å². The van der Waals surface area contributed by atoms with E-state index in [0.717, 1.165) is 0 Å². The summed E-state index contributed by atoms with van der Waals surface area (Å²) in [5.74, 6) is 0. The molecule has 9 heavy (non-hydrogen) atoms. The van der Waals surface area contributed by atoms with E-state index in [1.54, 1.807) is 0 Å². The fourth-order valence-corrected chi connectivity index (χ4v) is 0. The van der Waals surface area contributed by atoms with Gasteiger partial charge in [-0.15, -0.1) is 9.05 Å². The Balaban J connectivity index is 0. The molecule has 0 bridgehead atoms. The van der Waals surface area contributed by atoms with Crippen LogP contribution < -0.4 is 12.3 Å². The summed E-state index contributed by atoms with van der Waals surface area (Å²) >= 11 is -0.694. The molecule has 0 unspecified atom stereocenters. The van der Waals surface area contributed by atoms with E-state index in [0.29, 0.717) is 0 Å². The molecule has 0 amide bonds. The van der Waals surface area contributed by atoms with Crippen LogP contribution in [0.3, 0.4) is 0 Å². The first-order chi connectivity index (χ1) is 3.73. The topological polar surface area (TPSA) is 132 Å². The Hall–Kier alpha value is 0.728. The minimum atomic E-state index is -4.33. The summed E-state index contributed by atoms with van der Waals surface area (Å²) < 4.78 is 52.4. The zero-order valence-corrected chi connectivity index (χ0v) is 7.22. The van der Waals surface area contributed by atoms with Gasteiger partial charge in [-0.3, -0.25) is 4.21 Å². The van der Waals surface area contributed by atoms with Crippen LogP contribution in [-0.2, 0) is 20.2 Å². The molecule has 0 saturated heterocycles. The summed E-state index contributed by atoms with van der Waals surface area (Å²) in [5.41, 5.74) is 0. The van der Waals surface area contributed by atoms with Crippen molar-refractivity contribution in [1.29, 1.82) is 0 Å². The van der Waals surface area contributed by atoms with Gasteiger partial charge in [0.2, 0.25) is 0 Å². The van der Waals surface area contributed by atoms with Crippen molar-refractivity contribution in [2.75, 3.05) is 0 Å². The third-order valence-electron chi connectivity index (χ3n) is 0. The molecule has 0 atom stereocenters. The molecule has 0 aliphatic rings. The van der Waals surface area contributed by atoms with E-state index >= 15 is 0 Å². The average Bonchev–Trinajstić information content (AvgIpc) is 1.19. The summed E-state index contributed by atoms with van der Waals surface area (Å²) in [6, 6.07) is 0. The van der Waals surface area contributed by atoms with E-state index in [2.05, 4.69) is 11.2 Å². The van der Waals surface area contributed by atoms with Crippen molar-refractivity contribution < 1.29 is 25.6 Å². The van der Waals surface area contributed by atoms with Gasteiger partial charge in [-0.05, 0) is 11.2 Å². The van der Waals surface area contributed by atoms with Crippen molar-refractivity contribution in [3.8, 4) is 0 Å². The maximum atomic E-state index is 8.89. The summed E-state index contributed by atoms with van der Waals surface area (Å²) in [7, 11) is -4.33. The van der Waals surface area contributed by atoms with Crippen molar-refractivity contribution >= 4 is 35.9 Å². The van der Waals surface area contributed by atoms with E-state index in [9.17, 15) is 0 Å². The molecule has 9 heteroatoms. The van der Waals surface area contributed by atoms with E-state index in [1.165, 1.54) is 0 Å². The molecule has 0 rings (SSSR count). The van der Waals surface area contributed by atoms with Gasteiger partial charge in [0.05, 0.1) is 0 Å². The molecule has 0 fully saturated rings. The quantitative estimate of drug-likeness (QED) is 0.384. The molecule has 0 spiro atoms. The molecule has 0 saturated carbocycles. The average molecular weight is 235 g/mol. The molecule has 58 valence electrons. The molecular weight excluding hydrogens is 235 g/mol. The van der Waals surface area contributed by atoms with Crippen LogP contribution in [0.2, 0.25) is 0 Å². The molecule has 6 nitrogen and oxygen atoms in total. The van der Waals surface area contributed by atoms with Gasteiger partial charge in [0.25, 0.3) is 0 Å². The van der Waals surface area contributed by atoms with Crippen molar-refractivity contribution in [3.05, 3.63) is 0 Å². The number of hydrogen-bond acceptors (Lipinski definition) is 7. The zero-order chi connectivity index (χ0) is 8.08. The molecule has 0 radical (unpaired) electrons. The normalized spacial score (nSPS) is 10.4. The van der Waals surface area contributed by atoms with Gasteiger partial charge in [0, 0.05) is 0 Å². The Kier molecular flexibility index (Phi) is 7.59. The predicted octanol–water partition coefficient (Wildman–Crippen LogP) is -4.95. The fraction of sp³-hybridized carbons (Fsp3) is 0. The monoisotopic (exact) mass is 235 g/mol. The summed E-state index contributed by atoms with van der Waals surface area (Å²) in [4.78, 5) is 0. The maximum absolute atomic E-state index is 8.89. The second-order valence-corrected chi connectivity index (χ2v) is 3.61. The van der Waals surface area contributed by atoms with Crippen molar-refractivity contribution in [1.82, 2.24) is 0 Å². The van der Waals surface area contributed by atoms with Gasteiger partial charge in [-0.2, -0.15) is 0 Å². The van der Waals surface area contributed by atoms with E-state index in [1.807, 2.05) is 0 Å². The van der Waals surface area contributed by atoms with Crippen LogP contribution in [0.25, 0.3) is 0 Å². The SMILES string of the molecule is O=S([O-])([O-])=S.[O-][As]([O-])[O-]. The molecule has 0 heterocycles. The first-order valence-corrected chi connectivity index (χ1v) is 5.85. The van der Waals surface area contributed by atoms with Gasteiger partial charge in [0.15, 0.2) is 0 Å². The molecule has 0 aromatic carbocycles. The van der Waals surface area contributed by atoms with Crippen LogP contribution >= 0.6 is 0 Å². The van der Waals surface area contributed by atoms with Crippen molar-refractivity contribution in [2.24, 2.45) is 0 Å². The Morgan fingerprint density at radius 3 is 1.22 bits per heavy atom. The van der Waals surface area contributed by atoms with Crippen LogP contribution in [0.15, 0.2) is 0 Å². The van der Waals surface area contributed by atoms with Crippen molar-refractivity contribution in [2.45, 2.75) is 0 Å². The Labute approximate surface area is 61.8 Å². The van der Waals surface area contributed by atoms with Gasteiger partial charge >= 0.3 is 28.0 Å². The van der Waals surface area contributed by atoms with Gasteiger partial charge in [-0.25, -0.2) is 0 Å². The van der Waals surface area contributed by atoms with Gasteiger partial charge < -0.3 is 9.11 Å². The molecule has 0 aromatic heterocycles. The Morgan fingerprint density at radius 2 is 1.22 bits per heavy atom. The summed E-state index contributed by atoms with van der Waals surface area (Å²) in [6.45, 7) is 0. The Bertz CT molecular complexity index is 122. The molecule has 0 aromatic rings. The summed E-state index contributed by atoms with van der Waals surface area (Å²) in [5, 5.41) is 0. The molecule has 0 N–H and O–H groups in total. The third-order valence-corrected chi connectivity index (χ3v) is 0. The van der Waals surface area contributed by atoms with E-state index in [4.69, 9.17) is 25.6 Å². The Morgan fingerprint density at radius 1 is 1.22 bits per heavy atom. The molecule has 0 aliphatic heterocycles. The van der Waals surface area contributed by atoms with Gasteiger partial charge in [-0.1, -0.05) is 0 Å². The first-order valence-electron chi connectivity index (χ1n) is 1.21.